The van der Waals surface area contributed by atoms with Crippen LogP contribution < -0.4 is 0 Å². The molecule has 27 heavy (non-hydrogen) atoms. The zero-order valence-corrected chi connectivity index (χ0v) is 15.9. The first-order valence-corrected chi connectivity index (χ1v) is 9.95. The van der Waals surface area contributed by atoms with E-state index in [2.05, 4.69) is 0 Å². The predicted molar refractivity (Wildman–Crippen MR) is 97.6 cm³/mol. The first kappa shape index (κ1) is 19.1. The molecule has 7 heteroatoms. The summed E-state index contributed by atoms with van der Waals surface area (Å²) < 4.78 is 36.4. The van der Waals surface area contributed by atoms with Crippen LogP contribution in [0.2, 0.25) is 0 Å². The molecule has 2 aromatic carbocycles. The van der Waals surface area contributed by atoms with Gasteiger partial charge in [-0.15, -0.1) is 0 Å². The van der Waals surface area contributed by atoms with Crippen LogP contribution in [0.1, 0.15) is 22.8 Å². The highest BCUT2D eigenvalue weighted by molar-refractivity contribution is 7.91. The lowest BCUT2D eigenvalue weighted by Crippen LogP contribution is -2.47. The molecule has 0 aliphatic heterocycles. The van der Waals surface area contributed by atoms with Gasteiger partial charge >= 0.3 is 11.9 Å². The summed E-state index contributed by atoms with van der Waals surface area (Å²) in [5, 5.41) is -1.07. The Morgan fingerprint density at radius 1 is 0.926 bits per heavy atom. The number of ether oxygens (including phenoxy) is 2. The number of benzene rings is 2. The molecule has 0 radical (unpaired) electrons. The number of sulfone groups is 1. The molecule has 2 aromatic rings. The normalized spacial score (nSPS) is 18.2. The molecule has 0 spiro atoms. The summed E-state index contributed by atoms with van der Waals surface area (Å²) in [6, 6.07) is 14.9. The number of fused-ring (bicyclic) bond motifs is 1. The Kier molecular flexibility index (Phi) is 5.06. The lowest BCUT2D eigenvalue weighted by molar-refractivity contribution is -0.170. The number of hydrogen-bond acceptors (Lipinski definition) is 6. The maximum absolute atomic E-state index is 13.4. The minimum absolute atomic E-state index is 0.0311. The highest BCUT2D eigenvalue weighted by atomic mass is 32.2. The van der Waals surface area contributed by atoms with Crippen molar-refractivity contribution in [2.75, 3.05) is 14.2 Å². The van der Waals surface area contributed by atoms with Crippen molar-refractivity contribution in [1.82, 2.24) is 0 Å². The lowest BCUT2D eigenvalue weighted by Gasteiger charge is -2.37. The summed E-state index contributed by atoms with van der Waals surface area (Å²) in [4.78, 5) is 25.3. The summed E-state index contributed by atoms with van der Waals surface area (Å²) in [7, 11) is -1.50. The monoisotopic (exact) mass is 388 g/mol. The Hall–Kier alpha value is -2.67. The van der Waals surface area contributed by atoms with Crippen LogP contribution in [0, 0.1) is 5.41 Å². The van der Waals surface area contributed by atoms with Crippen molar-refractivity contribution in [2.24, 2.45) is 5.41 Å². The van der Waals surface area contributed by atoms with Crippen LogP contribution in [0.5, 0.6) is 0 Å². The summed E-state index contributed by atoms with van der Waals surface area (Å²) in [6.07, 6.45) is -0.204. The van der Waals surface area contributed by atoms with E-state index in [4.69, 9.17) is 9.47 Å². The summed E-state index contributed by atoms with van der Waals surface area (Å²) in [5.41, 5.74) is -0.501. The van der Waals surface area contributed by atoms with E-state index in [1.54, 1.807) is 42.5 Å². The van der Waals surface area contributed by atoms with Gasteiger partial charge in [0.25, 0.3) is 0 Å². The molecule has 0 bridgehead atoms. The van der Waals surface area contributed by atoms with E-state index in [0.29, 0.717) is 11.1 Å². The molecule has 0 aromatic heterocycles. The standard InChI is InChI=1S/C20H20O6S/c1-25-18(21)20(19(22)26-2)12-14-8-6-7-11-16(14)17(13-20)27(23,24)15-9-4-3-5-10-15/h3-11,17H,12-13H2,1-2H3. The minimum atomic E-state index is -3.85. The predicted octanol–water partition coefficient (Wildman–Crippen LogP) is 2.48. The number of carbonyl (C=O) groups is 2. The smallest absolute Gasteiger partial charge is 0.323 e. The fraction of sp³-hybridized carbons (Fsp3) is 0.300. The summed E-state index contributed by atoms with van der Waals surface area (Å²) >= 11 is 0. The van der Waals surface area contributed by atoms with E-state index >= 15 is 0 Å². The minimum Gasteiger partial charge on any atom is -0.468 e. The molecule has 6 nitrogen and oxygen atoms in total. The molecule has 1 aliphatic carbocycles. The van der Waals surface area contributed by atoms with Crippen molar-refractivity contribution >= 4 is 21.8 Å². The van der Waals surface area contributed by atoms with Crippen molar-refractivity contribution in [3.8, 4) is 0 Å². The molecule has 0 heterocycles. The molecule has 0 saturated heterocycles. The van der Waals surface area contributed by atoms with E-state index in [1.807, 2.05) is 0 Å². The second-order valence-electron chi connectivity index (χ2n) is 6.49. The van der Waals surface area contributed by atoms with E-state index in [-0.39, 0.29) is 17.7 Å². The molecule has 1 unspecified atom stereocenters. The van der Waals surface area contributed by atoms with Crippen molar-refractivity contribution in [1.29, 1.82) is 0 Å². The van der Waals surface area contributed by atoms with Gasteiger partial charge < -0.3 is 9.47 Å². The highest BCUT2D eigenvalue weighted by Gasteiger charge is 2.55. The number of methoxy groups -OCH3 is 2. The Morgan fingerprint density at radius 2 is 1.48 bits per heavy atom. The Labute approximate surface area is 158 Å². The van der Waals surface area contributed by atoms with Crippen molar-refractivity contribution in [3.63, 3.8) is 0 Å². The van der Waals surface area contributed by atoms with Gasteiger partial charge in [0.2, 0.25) is 0 Å². The largest absolute Gasteiger partial charge is 0.468 e. The van der Waals surface area contributed by atoms with E-state index < -0.39 is 32.4 Å². The van der Waals surface area contributed by atoms with Crippen LogP contribution in [-0.2, 0) is 35.3 Å². The SMILES string of the molecule is COC(=O)C1(C(=O)OC)Cc2ccccc2C(S(=O)(=O)c2ccccc2)C1. The average Bonchev–Trinajstić information content (AvgIpc) is 2.72. The van der Waals surface area contributed by atoms with Crippen LogP contribution in [0.4, 0.5) is 0 Å². The quantitative estimate of drug-likeness (QED) is 0.591. The van der Waals surface area contributed by atoms with E-state index in [9.17, 15) is 18.0 Å². The third-order valence-electron chi connectivity index (χ3n) is 5.03. The van der Waals surface area contributed by atoms with Gasteiger partial charge in [0.05, 0.1) is 24.4 Å². The second kappa shape index (κ2) is 7.15. The maximum atomic E-state index is 13.4. The maximum Gasteiger partial charge on any atom is 0.323 e. The molecule has 142 valence electrons. The van der Waals surface area contributed by atoms with Gasteiger partial charge in [-0.3, -0.25) is 9.59 Å². The summed E-state index contributed by atoms with van der Waals surface area (Å²) in [6.45, 7) is 0. The third-order valence-corrected chi connectivity index (χ3v) is 7.13. The van der Waals surface area contributed by atoms with Gasteiger partial charge in [0, 0.05) is 0 Å². The molecule has 0 saturated carbocycles. The van der Waals surface area contributed by atoms with Gasteiger partial charge in [0.15, 0.2) is 15.3 Å². The number of rotatable bonds is 4. The Balaban J connectivity index is 2.22. The average molecular weight is 388 g/mol. The fourth-order valence-electron chi connectivity index (χ4n) is 3.67. The molecule has 0 fully saturated rings. The second-order valence-corrected chi connectivity index (χ2v) is 8.62. The van der Waals surface area contributed by atoms with Crippen LogP contribution in [0.15, 0.2) is 59.5 Å². The van der Waals surface area contributed by atoms with Crippen molar-refractivity contribution in [3.05, 3.63) is 65.7 Å². The zero-order chi connectivity index (χ0) is 19.7. The lowest BCUT2D eigenvalue weighted by atomic mass is 9.71. The van der Waals surface area contributed by atoms with E-state index in [0.717, 1.165) is 0 Å². The Bertz CT molecular complexity index is 949. The van der Waals surface area contributed by atoms with Crippen LogP contribution in [0.3, 0.4) is 0 Å². The van der Waals surface area contributed by atoms with Gasteiger partial charge in [-0.2, -0.15) is 0 Å². The summed E-state index contributed by atoms with van der Waals surface area (Å²) in [5.74, 6) is -1.59. The van der Waals surface area contributed by atoms with Gasteiger partial charge in [-0.25, -0.2) is 8.42 Å². The number of hydrogen-bond donors (Lipinski definition) is 0. The zero-order valence-electron chi connectivity index (χ0n) is 15.0. The van der Waals surface area contributed by atoms with E-state index in [1.165, 1.54) is 26.4 Å². The molecule has 0 amide bonds. The van der Waals surface area contributed by atoms with Gasteiger partial charge in [0.1, 0.15) is 0 Å². The van der Waals surface area contributed by atoms with Crippen molar-refractivity contribution in [2.45, 2.75) is 23.0 Å². The first-order valence-electron chi connectivity index (χ1n) is 8.40. The highest BCUT2D eigenvalue weighted by Crippen LogP contribution is 2.48. The van der Waals surface area contributed by atoms with Crippen molar-refractivity contribution < 1.29 is 27.5 Å². The fourth-order valence-corrected chi connectivity index (χ4v) is 5.60. The topological polar surface area (TPSA) is 86.7 Å². The van der Waals surface area contributed by atoms with Crippen LogP contribution in [0.25, 0.3) is 0 Å². The molecule has 0 N–H and O–H groups in total. The molecule has 1 aliphatic rings. The Morgan fingerprint density at radius 3 is 2.07 bits per heavy atom. The molecule has 3 rings (SSSR count). The van der Waals surface area contributed by atoms with Gasteiger partial charge in [-0.1, -0.05) is 42.5 Å². The number of esters is 2. The van der Waals surface area contributed by atoms with Crippen LogP contribution >= 0.6 is 0 Å². The van der Waals surface area contributed by atoms with Crippen LogP contribution in [-0.4, -0.2) is 34.6 Å². The third kappa shape index (κ3) is 3.12. The van der Waals surface area contributed by atoms with Gasteiger partial charge in [-0.05, 0) is 36.1 Å². The first-order chi connectivity index (χ1) is 12.9. The molecular weight excluding hydrogens is 368 g/mol. The molecular formula is C20H20O6S. The number of carbonyl (C=O) groups excluding carboxylic acids is 2. The molecule has 1 atom stereocenters.